The first-order valence-electron chi connectivity index (χ1n) is 5.21. The van der Waals surface area contributed by atoms with E-state index >= 15 is 0 Å². The molecule has 0 aromatic rings. The zero-order chi connectivity index (χ0) is 10.8. The Balaban J connectivity index is 3.33. The molecule has 0 saturated heterocycles. The molecule has 0 amide bonds. The topological polar surface area (TPSA) is 9.23 Å². The highest BCUT2D eigenvalue weighted by Gasteiger charge is 1.94. The number of allylic oxidation sites excluding steroid dienone is 3. The van der Waals surface area contributed by atoms with Crippen molar-refractivity contribution in [3.8, 4) is 0 Å². The molecule has 0 atom stereocenters. The first-order valence-corrected chi connectivity index (χ1v) is 6.12. The maximum Gasteiger partial charge on any atom is 0.0585 e. The van der Waals surface area contributed by atoms with Gasteiger partial charge in [-0.25, -0.2) is 0 Å². The minimum absolute atomic E-state index is 0.787. The normalized spacial score (nSPS) is 9.93. The Morgan fingerprint density at radius 2 is 2.07 bits per heavy atom. The zero-order valence-electron chi connectivity index (χ0n) is 9.64. The van der Waals surface area contributed by atoms with Crippen LogP contribution in [0.1, 0.15) is 40.0 Å². The van der Waals surface area contributed by atoms with Crippen LogP contribution in [0.15, 0.2) is 23.8 Å². The molecule has 0 unspecified atom stereocenters. The third-order valence-corrected chi connectivity index (χ3v) is 2.56. The highest BCUT2D eigenvalue weighted by Crippen LogP contribution is 2.13. The van der Waals surface area contributed by atoms with Crippen molar-refractivity contribution < 1.29 is 4.18 Å². The summed E-state index contributed by atoms with van der Waals surface area (Å²) < 4.78 is 5.19. The van der Waals surface area contributed by atoms with E-state index in [4.69, 9.17) is 4.18 Å². The van der Waals surface area contributed by atoms with Gasteiger partial charge in [-0.1, -0.05) is 23.8 Å². The van der Waals surface area contributed by atoms with E-state index in [-0.39, 0.29) is 0 Å². The Kier molecular flexibility index (Phi) is 9.21. The Hall–Kier alpha value is -0.210. The van der Waals surface area contributed by atoms with Gasteiger partial charge in [0.2, 0.25) is 0 Å². The zero-order valence-corrected chi connectivity index (χ0v) is 10.5. The third-order valence-electron chi connectivity index (χ3n) is 1.79. The van der Waals surface area contributed by atoms with Gasteiger partial charge in [-0.3, -0.25) is 0 Å². The van der Waals surface area contributed by atoms with Crippen molar-refractivity contribution in [1.82, 2.24) is 0 Å². The van der Waals surface area contributed by atoms with Crippen LogP contribution in [0.3, 0.4) is 0 Å². The van der Waals surface area contributed by atoms with E-state index < -0.39 is 0 Å². The van der Waals surface area contributed by atoms with Crippen LogP contribution in [0.25, 0.3) is 0 Å². The minimum Gasteiger partial charge on any atom is -0.316 e. The lowest BCUT2D eigenvalue weighted by Crippen LogP contribution is -1.87. The average molecular weight is 214 g/mol. The lowest BCUT2D eigenvalue weighted by molar-refractivity contribution is 0.401. The fourth-order valence-electron chi connectivity index (χ4n) is 1.02. The summed E-state index contributed by atoms with van der Waals surface area (Å²) in [5.41, 5.74) is 2.72. The number of hydrogen-bond acceptors (Lipinski definition) is 2. The molecule has 0 fully saturated rings. The molecule has 1 nitrogen and oxygen atoms in total. The van der Waals surface area contributed by atoms with Crippen molar-refractivity contribution in [3.63, 3.8) is 0 Å². The van der Waals surface area contributed by atoms with Crippen LogP contribution in [0.4, 0.5) is 0 Å². The van der Waals surface area contributed by atoms with E-state index in [1.807, 2.05) is 6.92 Å². The smallest absolute Gasteiger partial charge is 0.0585 e. The summed E-state index contributed by atoms with van der Waals surface area (Å²) in [7, 11) is 0. The van der Waals surface area contributed by atoms with E-state index in [1.165, 1.54) is 11.1 Å². The second-order valence-corrected chi connectivity index (χ2v) is 4.43. The molecule has 0 spiro atoms. The lowest BCUT2D eigenvalue weighted by Gasteiger charge is -2.03. The van der Waals surface area contributed by atoms with Crippen LogP contribution >= 0.6 is 12.0 Å². The molecule has 2 heteroatoms. The van der Waals surface area contributed by atoms with Crippen LogP contribution in [0, 0.1) is 0 Å². The van der Waals surface area contributed by atoms with Crippen LogP contribution in [-0.2, 0) is 4.18 Å². The van der Waals surface area contributed by atoms with Crippen molar-refractivity contribution in [2.24, 2.45) is 0 Å². The molecule has 0 rings (SSSR count). The molecule has 0 aliphatic carbocycles. The van der Waals surface area contributed by atoms with Crippen molar-refractivity contribution in [3.05, 3.63) is 23.8 Å². The second-order valence-electron chi connectivity index (χ2n) is 3.55. The largest absolute Gasteiger partial charge is 0.316 e. The summed E-state index contributed by atoms with van der Waals surface area (Å²) in [4.78, 5) is 0. The Labute approximate surface area is 92.8 Å². The highest BCUT2D eigenvalue weighted by atomic mass is 32.2. The van der Waals surface area contributed by atoms with E-state index in [1.54, 1.807) is 12.0 Å². The second kappa shape index (κ2) is 9.35. The van der Waals surface area contributed by atoms with Gasteiger partial charge in [0, 0.05) is 5.75 Å². The molecular weight excluding hydrogens is 192 g/mol. The van der Waals surface area contributed by atoms with E-state index in [2.05, 4.69) is 26.5 Å². The standard InChI is InChI=1S/C12H22OS/c1-5-13-14-10-9-12(4)8-6-7-11(2)3/h7H,4-6,8-10H2,1-3H3. The molecule has 82 valence electrons. The molecule has 0 aromatic heterocycles. The summed E-state index contributed by atoms with van der Waals surface area (Å²) in [6.45, 7) is 11.1. The van der Waals surface area contributed by atoms with Gasteiger partial charge in [-0.15, -0.1) is 0 Å². The molecule has 0 radical (unpaired) electrons. The average Bonchev–Trinajstić information content (AvgIpc) is 2.12. The molecule has 0 N–H and O–H groups in total. The van der Waals surface area contributed by atoms with Crippen molar-refractivity contribution >= 4 is 12.0 Å². The summed E-state index contributed by atoms with van der Waals surface area (Å²) in [5.74, 6) is 1.03. The number of rotatable bonds is 8. The van der Waals surface area contributed by atoms with Crippen LogP contribution < -0.4 is 0 Å². The maximum absolute atomic E-state index is 5.19. The summed E-state index contributed by atoms with van der Waals surface area (Å²) in [6.07, 6.45) is 5.57. The molecule has 0 aliphatic rings. The summed E-state index contributed by atoms with van der Waals surface area (Å²) in [6, 6.07) is 0. The highest BCUT2D eigenvalue weighted by molar-refractivity contribution is 7.94. The molecule has 0 saturated carbocycles. The fourth-order valence-corrected chi connectivity index (χ4v) is 1.67. The van der Waals surface area contributed by atoms with E-state index in [0.29, 0.717) is 0 Å². The predicted octanol–water partition coefficient (Wildman–Crippen LogP) is 4.36. The minimum atomic E-state index is 0.787. The van der Waals surface area contributed by atoms with Crippen LogP contribution in [0.2, 0.25) is 0 Å². The van der Waals surface area contributed by atoms with E-state index in [9.17, 15) is 0 Å². The Bertz CT molecular complexity index is 181. The molecule has 0 bridgehead atoms. The molecular formula is C12H22OS. The monoisotopic (exact) mass is 214 g/mol. The van der Waals surface area contributed by atoms with Gasteiger partial charge < -0.3 is 4.18 Å². The quantitative estimate of drug-likeness (QED) is 0.337. The van der Waals surface area contributed by atoms with Gasteiger partial charge >= 0.3 is 0 Å². The van der Waals surface area contributed by atoms with Crippen LogP contribution in [-0.4, -0.2) is 12.4 Å². The van der Waals surface area contributed by atoms with Gasteiger partial charge in [-0.2, -0.15) is 0 Å². The van der Waals surface area contributed by atoms with Gasteiger partial charge in [0.1, 0.15) is 0 Å². The predicted molar refractivity (Wildman–Crippen MR) is 66.5 cm³/mol. The molecule has 0 aliphatic heterocycles. The van der Waals surface area contributed by atoms with E-state index in [0.717, 1.165) is 31.6 Å². The summed E-state index contributed by atoms with van der Waals surface area (Å²) >= 11 is 1.55. The number of hydrogen-bond donors (Lipinski definition) is 0. The SMILES string of the molecule is C=C(CCC=C(C)C)CCSOCC. The first-order chi connectivity index (χ1) is 6.66. The van der Waals surface area contributed by atoms with Gasteiger partial charge in [0.05, 0.1) is 6.61 Å². The van der Waals surface area contributed by atoms with Crippen molar-refractivity contribution in [2.75, 3.05) is 12.4 Å². The molecule has 14 heavy (non-hydrogen) atoms. The Morgan fingerprint density at radius 1 is 1.36 bits per heavy atom. The Morgan fingerprint density at radius 3 is 2.64 bits per heavy atom. The molecule has 0 aromatic carbocycles. The van der Waals surface area contributed by atoms with Crippen molar-refractivity contribution in [2.45, 2.75) is 40.0 Å². The van der Waals surface area contributed by atoms with Gasteiger partial charge in [0.25, 0.3) is 0 Å². The first kappa shape index (κ1) is 13.8. The fraction of sp³-hybridized carbons (Fsp3) is 0.667. The molecule has 0 heterocycles. The van der Waals surface area contributed by atoms with Gasteiger partial charge in [0.15, 0.2) is 0 Å². The third kappa shape index (κ3) is 9.87. The maximum atomic E-state index is 5.19. The van der Waals surface area contributed by atoms with Crippen LogP contribution in [0.5, 0.6) is 0 Å². The summed E-state index contributed by atoms with van der Waals surface area (Å²) in [5, 5.41) is 0. The van der Waals surface area contributed by atoms with Gasteiger partial charge in [-0.05, 0) is 52.1 Å². The lowest BCUT2D eigenvalue weighted by atomic mass is 10.1. The van der Waals surface area contributed by atoms with Crippen molar-refractivity contribution in [1.29, 1.82) is 0 Å².